The van der Waals surface area contributed by atoms with Crippen LogP contribution in [0.3, 0.4) is 0 Å². The molecule has 2 aliphatic heterocycles. The molecule has 162 valence electrons. The molecule has 0 radical (unpaired) electrons. The van der Waals surface area contributed by atoms with Gasteiger partial charge in [0, 0.05) is 42.1 Å². The summed E-state index contributed by atoms with van der Waals surface area (Å²) < 4.78 is 16.8. The fourth-order valence-electron chi connectivity index (χ4n) is 4.71. The Morgan fingerprint density at radius 1 is 1.23 bits per heavy atom. The lowest BCUT2D eigenvalue weighted by Crippen LogP contribution is -2.44. The van der Waals surface area contributed by atoms with Crippen molar-refractivity contribution in [2.24, 2.45) is 5.41 Å². The van der Waals surface area contributed by atoms with E-state index in [9.17, 15) is 9.90 Å². The van der Waals surface area contributed by atoms with Crippen molar-refractivity contribution in [2.45, 2.75) is 13.0 Å². The molecule has 1 aromatic heterocycles. The van der Waals surface area contributed by atoms with Gasteiger partial charge in [0.2, 0.25) is 0 Å². The van der Waals surface area contributed by atoms with E-state index in [1.54, 1.807) is 26.3 Å². The van der Waals surface area contributed by atoms with Gasteiger partial charge < -0.3 is 24.3 Å². The number of phenols is 1. The van der Waals surface area contributed by atoms with Crippen LogP contribution in [-0.2, 0) is 11.3 Å². The van der Waals surface area contributed by atoms with Crippen molar-refractivity contribution in [3.8, 4) is 22.8 Å². The summed E-state index contributed by atoms with van der Waals surface area (Å²) in [5.41, 5.74) is 2.76. The second-order valence-electron chi connectivity index (χ2n) is 8.50. The number of furan rings is 1. The molecule has 3 aromatic rings. The minimum Gasteiger partial charge on any atom is -0.508 e. The maximum absolute atomic E-state index is 13.0. The molecule has 0 bridgehead atoms. The highest BCUT2D eigenvalue weighted by molar-refractivity contribution is 6.12. The largest absolute Gasteiger partial charge is 0.508 e. The van der Waals surface area contributed by atoms with Crippen LogP contribution in [0.15, 0.2) is 40.8 Å². The monoisotopic (exact) mass is 422 g/mol. The van der Waals surface area contributed by atoms with Crippen LogP contribution in [0.1, 0.15) is 22.3 Å². The van der Waals surface area contributed by atoms with Crippen LogP contribution in [0.2, 0.25) is 0 Å². The average molecular weight is 422 g/mol. The zero-order valence-corrected chi connectivity index (χ0v) is 17.7. The molecule has 2 saturated heterocycles. The standard InChI is InChI=1S/C24H26N2O5/c1-25-23(28)21-20-17(11-26-10-9-24(12-26)13-30-14-24)18(27)7-8-19(20)31-22(21)15-3-5-16(29-2)6-4-15/h3-8,27H,9-14H2,1-2H3,(H,25,28). The Morgan fingerprint density at radius 3 is 2.61 bits per heavy atom. The van der Waals surface area contributed by atoms with Crippen LogP contribution in [0, 0.1) is 5.41 Å². The zero-order chi connectivity index (χ0) is 21.6. The second-order valence-corrected chi connectivity index (χ2v) is 8.50. The number of fused-ring (bicyclic) bond motifs is 1. The van der Waals surface area contributed by atoms with Crippen molar-refractivity contribution >= 4 is 16.9 Å². The molecule has 2 aromatic carbocycles. The van der Waals surface area contributed by atoms with E-state index in [1.165, 1.54) is 0 Å². The van der Waals surface area contributed by atoms with Crippen LogP contribution in [0.5, 0.6) is 11.5 Å². The SMILES string of the molecule is CNC(=O)c1c(-c2ccc(OC)cc2)oc2ccc(O)c(CN3CCC4(COC4)C3)c12. The number of nitrogens with one attached hydrogen (secondary N) is 1. The van der Waals surface area contributed by atoms with Crippen molar-refractivity contribution in [1.82, 2.24) is 10.2 Å². The number of methoxy groups -OCH3 is 1. The number of aromatic hydroxyl groups is 1. The quantitative estimate of drug-likeness (QED) is 0.656. The van der Waals surface area contributed by atoms with E-state index >= 15 is 0 Å². The number of amides is 1. The molecule has 2 fully saturated rings. The Balaban J connectivity index is 1.61. The first kappa shape index (κ1) is 19.9. The van der Waals surface area contributed by atoms with Crippen LogP contribution in [-0.4, -0.2) is 56.4 Å². The number of hydrogen-bond donors (Lipinski definition) is 2. The molecule has 1 amide bonds. The van der Waals surface area contributed by atoms with Crippen LogP contribution in [0.4, 0.5) is 0 Å². The summed E-state index contributed by atoms with van der Waals surface area (Å²) in [7, 11) is 3.21. The van der Waals surface area contributed by atoms with Crippen LogP contribution in [0.25, 0.3) is 22.3 Å². The molecule has 0 saturated carbocycles. The van der Waals surface area contributed by atoms with Crippen molar-refractivity contribution in [2.75, 3.05) is 40.5 Å². The number of rotatable bonds is 5. The predicted molar refractivity (Wildman–Crippen MR) is 116 cm³/mol. The second kappa shape index (κ2) is 7.59. The van der Waals surface area contributed by atoms with Gasteiger partial charge in [-0.3, -0.25) is 9.69 Å². The number of benzene rings is 2. The van der Waals surface area contributed by atoms with Gasteiger partial charge in [-0.15, -0.1) is 0 Å². The Kier molecular flexibility index (Phi) is 4.87. The maximum Gasteiger partial charge on any atom is 0.255 e. The normalized spacial score (nSPS) is 17.7. The Labute approximate surface area is 180 Å². The predicted octanol–water partition coefficient (Wildman–Crippen LogP) is 3.40. The first-order valence-electron chi connectivity index (χ1n) is 10.5. The van der Waals surface area contributed by atoms with Gasteiger partial charge >= 0.3 is 0 Å². The number of nitrogens with zero attached hydrogens (tertiary/aromatic N) is 1. The molecule has 5 rings (SSSR count). The fourth-order valence-corrected chi connectivity index (χ4v) is 4.71. The van der Waals surface area contributed by atoms with Crippen molar-refractivity contribution in [1.29, 1.82) is 0 Å². The Morgan fingerprint density at radius 2 is 2.00 bits per heavy atom. The average Bonchev–Trinajstić information content (AvgIpc) is 3.37. The number of carbonyl (C=O) groups excluding carboxylic acids is 1. The van der Waals surface area contributed by atoms with Gasteiger partial charge in [0.1, 0.15) is 22.8 Å². The molecule has 1 spiro atoms. The van der Waals surface area contributed by atoms with E-state index < -0.39 is 0 Å². The lowest BCUT2D eigenvalue weighted by atomic mass is 9.85. The first-order valence-corrected chi connectivity index (χ1v) is 10.5. The van der Waals surface area contributed by atoms with E-state index in [0.29, 0.717) is 28.8 Å². The van der Waals surface area contributed by atoms with E-state index in [0.717, 1.165) is 49.6 Å². The van der Waals surface area contributed by atoms with E-state index in [1.807, 2.05) is 24.3 Å². The van der Waals surface area contributed by atoms with E-state index in [2.05, 4.69) is 10.2 Å². The summed E-state index contributed by atoms with van der Waals surface area (Å²) in [6, 6.07) is 10.8. The maximum atomic E-state index is 13.0. The third-order valence-electron chi connectivity index (χ3n) is 6.46. The van der Waals surface area contributed by atoms with Gasteiger partial charge in [-0.25, -0.2) is 0 Å². The molecule has 7 heteroatoms. The summed E-state index contributed by atoms with van der Waals surface area (Å²) in [5, 5.41) is 14.1. The molecule has 7 nitrogen and oxygen atoms in total. The molecule has 0 atom stereocenters. The highest BCUT2D eigenvalue weighted by Crippen LogP contribution is 2.42. The Bertz CT molecular complexity index is 1130. The molecule has 31 heavy (non-hydrogen) atoms. The van der Waals surface area contributed by atoms with Crippen molar-refractivity contribution in [3.05, 3.63) is 47.5 Å². The molecule has 0 aliphatic carbocycles. The summed E-state index contributed by atoms with van der Waals surface area (Å²) >= 11 is 0. The van der Waals surface area contributed by atoms with Crippen LogP contribution >= 0.6 is 0 Å². The van der Waals surface area contributed by atoms with Gasteiger partial charge in [0.15, 0.2) is 0 Å². The highest BCUT2D eigenvalue weighted by atomic mass is 16.5. The third kappa shape index (κ3) is 3.34. The molecular weight excluding hydrogens is 396 g/mol. The number of carbonyl (C=O) groups is 1. The highest BCUT2D eigenvalue weighted by Gasteiger charge is 2.44. The Hall–Kier alpha value is -3.03. The fraction of sp³-hybridized carbons (Fsp3) is 0.375. The van der Waals surface area contributed by atoms with Gasteiger partial charge in [-0.1, -0.05) is 0 Å². The number of hydrogen-bond acceptors (Lipinski definition) is 6. The molecule has 0 unspecified atom stereocenters. The van der Waals surface area contributed by atoms with Gasteiger partial charge in [0.05, 0.1) is 25.9 Å². The van der Waals surface area contributed by atoms with Crippen molar-refractivity contribution in [3.63, 3.8) is 0 Å². The first-order chi connectivity index (χ1) is 15.0. The summed E-state index contributed by atoms with van der Waals surface area (Å²) in [6.45, 7) is 4.03. The van der Waals surface area contributed by atoms with E-state index in [4.69, 9.17) is 13.9 Å². The van der Waals surface area contributed by atoms with Gasteiger partial charge in [-0.2, -0.15) is 0 Å². The minimum absolute atomic E-state index is 0.172. The number of likely N-dealkylation sites (tertiary alicyclic amines) is 1. The van der Waals surface area contributed by atoms with E-state index in [-0.39, 0.29) is 17.1 Å². The lowest BCUT2D eigenvalue weighted by molar-refractivity contribution is -0.105. The molecule has 3 heterocycles. The van der Waals surface area contributed by atoms with Gasteiger partial charge in [0.25, 0.3) is 5.91 Å². The molecule has 2 N–H and O–H groups in total. The topological polar surface area (TPSA) is 84.2 Å². The zero-order valence-electron chi connectivity index (χ0n) is 17.7. The number of ether oxygens (including phenoxy) is 2. The summed E-state index contributed by atoms with van der Waals surface area (Å²) in [4.78, 5) is 15.3. The number of phenolic OH excluding ortho intramolecular Hbond substituents is 1. The lowest BCUT2D eigenvalue weighted by Gasteiger charge is -2.37. The third-order valence-corrected chi connectivity index (χ3v) is 6.46. The smallest absolute Gasteiger partial charge is 0.255 e. The minimum atomic E-state index is -0.248. The van der Waals surface area contributed by atoms with Crippen molar-refractivity contribution < 1.29 is 23.8 Å². The molecule has 2 aliphatic rings. The van der Waals surface area contributed by atoms with Gasteiger partial charge in [-0.05, 0) is 49.4 Å². The summed E-state index contributed by atoms with van der Waals surface area (Å²) in [6.07, 6.45) is 1.09. The molecular formula is C24H26N2O5. The van der Waals surface area contributed by atoms with Crippen LogP contribution < -0.4 is 10.1 Å². The summed E-state index contributed by atoms with van der Waals surface area (Å²) in [5.74, 6) is 1.13.